The van der Waals surface area contributed by atoms with Crippen molar-refractivity contribution in [2.45, 2.75) is 26.2 Å². The van der Waals surface area contributed by atoms with Gasteiger partial charge in [0, 0.05) is 26.2 Å². The Bertz CT molecular complexity index is 126. The van der Waals surface area contributed by atoms with Crippen LogP contribution in [0.15, 0.2) is 0 Å². The zero-order chi connectivity index (χ0) is 10.2. The molecule has 14 heavy (non-hydrogen) atoms. The van der Waals surface area contributed by atoms with Crippen LogP contribution in [-0.2, 0) is 0 Å². The molecule has 0 aromatic heterocycles. The Hall–Kier alpha value is -0.120. The Morgan fingerprint density at radius 2 is 1.86 bits per heavy atom. The Morgan fingerprint density at radius 1 is 1.14 bits per heavy atom. The quantitative estimate of drug-likeness (QED) is 0.657. The Kier molecular flexibility index (Phi) is 6.15. The van der Waals surface area contributed by atoms with E-state index in [1.54, 1.807) is 0 Å². The summed E-state index contributed by atoms with van der Waals surface area (Å²) in [5, 5.41) is 0. The Morgan fingerprint density at radius 3 is 2.43 bits per heavy atom. The summed E-state index contributed by atoms with van der Waals surface area (Å²) in [6.07, 6.45) is 4.02. The van der Waals surface area contributed by atoms with Crippen molar-refractivity contribution in [2.24, 2.45) is 5.73 Å². The van der Waals surface area contributed by atoms with Gasteiger partial charge in [0.15, 0.2) is 0 Å². The van der Waals surface area contributed by atoms with Crippen molar-refractivity contribution >= 4 is 0 Å². The van der Waals surface area contributed by atoms with E-state index in [1.165, 1.54) is 52.0 Å². The van der Waals surface area contributed by atoms with E-state index in [9.17, 15) is 0 Å². The number of nitrogens with two attached hydrogens (primary N) is 1. The second-order valence-electron chi connectivity index (χ2n) is 4.18. The summed E-state index contributed by atoms with van der Waals surface area (Å²) < 4.78 is 0. The van der Waals surface area contributed by atoms with Gasteiger partial charge in [-0.1, -0.05) is 6.92 Å². The number of likely N-dealkylation sites (tertiary alicyclic amines) is 1. The number of nitrogens with zero attached hydrogens (tertiary/aromatic N) is 2. The van der Waals surface area contributed by atoms with Crippen LogP contribution in [0.3, 0.4) is 0 Å². The fourth-order valence-electron chi connectivity index (χ4n) is 2.12. The second kappa shape index (κ2) is 7.21. The molecule has 0 amide bonds. The topological polar surface area (TPSA) is 32.5 Å². The molecule has 1 heterocycles. The molecule has 0 radical (unpaired) electrons. The first-order valence-electron chi connectivity index (χ1n) is 6.01. The van der Waals surface area contributed by atoms with E-state index >= 15 is 0 Å². The fourth-order valence-corrected chi connectivity index (χ4v) is 2.12. The smallest absolute Gasteiger partial charge is 0.0110 e. The summed E-state index contributed by atoms with van der Waals surface area (Å²) in [6.45, 7) is 10.3. The molecule has 0 spiro atoms. The lowest BCUT2D eigenvalue weighted by Crippen LogP contribution is -2.37. The van der Waals surface area contributed by atoms with Crippen LogP contribution in [0.25, 0.3) is 0 Å². The van der Waals surface area contributed by atoms with Crippen molar-refractivity contribution in [1.29, 1.82) is 0 Å². The largest absolute Gasteiger partial charge is 0.329 e. The molecule has 0 atom stereocenters. The van der Waals surface area contributed by atoms with Gasteiger partial charge in [-0.2, -0.15) is 0 Å². The maximum atomic E-state index is 5.59. The average Bonchev–Trinajstić information content (AvgIpc) is 2.67. The van der Waals surface area contributed by atoms with Gasteiger partial charge >= 0.3 is 0 Å². The van der Waals surface area contributed by atoms with Crippen molar-refractivity contribution in [1.82, 2.24) is 9.80 Å². The van der Waals surface area contributed by atoms with Gasteiger partial charge in [0.2, 0.25) is 0 Å². The molecule has 1 fully saturated rings. The molecule has 3 heteroatoms. The number of rotatable bonds is 7. The molecule has 1 aliphatic rings. The lowest BCUT2D eigenvalue weighted by Gasteiger charge is -2.24. The lowest BCUT2D eigenvalue weighted by atomic mass is 10.3. The summed E-state index contributed by atoms with van der Waals surface area (Å²) in [4.78, 5) is 5.05. The predicted molar refractivity (Wildman–Crippen MR) is 61.5 cm³/mol. The van der Waals surface area contributed by atoms with Crippen LogP contribution in [0.4, 0.5) is 0 Å². The van der Waals surface area contributed by atoms with E-state index in [2.05, 4.69) is 16.7 Å². The predicted octanol–water partition coefficient (Wildman–Crippen LogP) is 0.753. The Labute approximate surface area is 88.2 Å². The van der Waals surface area contributed by atoms with Gasteiger partial charge in [-0.15, -0.1) is 0 Å². The maximum Gasteiger partial charge on any atom is 0.0110 e. The van der Waals surface area contributed by atoms with E-state index in [1.807, 2.05) is 0 Å². The van der Waals surface area contributed by atoms with Gasteiger partial charge in [-0.25, -0.2) is 0 Å². The van der Waals surface area contributed by atoms with Crippen LogP contribution in [-0.4, -0.2) is 55.6 Å². The van der Waals surface area contributed by atoms with Gasteiger partial charge in [-0.3, -0.25) is 0 Å². The first-order chi connectivity index (χ1) is 6.86. The van der Waals surface area contributed by atoms with Crippen molar-refractivity contribution < 1.29 is 0 Å². The Balaban J connectivity index is 2.10. The first kappa shape index (κ1) is 12.0. The van der Waals surface area contributed by atoms with Gasteiger partial charge in [0.1, 0.15) is 0 Å². The third kappa shape index (κ3) is 4.40. The summed E-state index contributed by atoms with van der Waals surface area (Å²) >= 11 is 0. The number of hydrogen-bond donors (Lipinski definition) is 1. The highest BCUT2D eigenvalue weighted by Gasteiger charge is 2.12. The number of hydrogen-bond acceptors (Lipinski definition) is 3. The van der Waals surface area contributed by atoms with E-state index in [4.69, 9.17) is 5.73 Å². The van der Waals surface area contributed by atoms with Crippen LogP contribution in [0.1, 0.15) is 26.2 Å². The average molecular weight is 199 g/mol. The highest BCUT2D eigenvalue weighted by molar-refractivity contribution is 4.68. The van der Waals surface area contributed by atoms with E-state index in [-0.39, 0.29) is 0 Å². The molecule has 0 aliphatic carbocycles. The second-order valence-corrected chi connectivity index (χ2v) is 4.18. The molecule has 0 aromatic carbocycles. The molecule has 3 nitrogen and oxygen atoms in total. The van der Waals surface area contributed by atoms with Crippen LogP contribution in [0, 0.1) is 0 Å². The fraction of sp³-hybridized carbons (Fsp3) is 1.00. The summed E-state index contributed by atoms with van der Waals surface area (Å²) in [6, 6.07) is 0. The van der Waals surface area contributed by atoms with Gasteiger partial charge in [-0.05, 0) is 38.9 Å². The normalized spacial score (nSPS) is 18.2. The molecule has 0 saturated carbocycles. The molecule has 84 valence electrons. The summed E-state index contributed by atoms with van der Waals surface area (Å²) in [7, 11) is 0. The molecule has 0 unspecified atom stereocenters. The standard InChI is InChI=1S/C11H25N3/c1-2-6-13(9-5-12)10-11-14-7-3-4-8-14/h2-12H2,1H3. The molecule has 0 bridgehead atoms. The highest BCUT2D eigenvalue weighted by atomic mass is 15.2. The maximum absolute atomic E-state index is 5.59. The summed E-state index contributed by atoms with van der Waals surface area (Å²) in [5.41, 5.74) is 5.59. The van der Waals surface area contributed by atoms with Crippen molar-refractivity contribution in [3.8, 4) is 0 Å². The zero-order valence-electron chi connectivity index (χ0n) is 9.54. The van der Waals surface area contributed by atoms with Gasteiger partial charge < -0.3 is 15.5 Å². The molecule has 1 rings (SSSR count). The van der Waals surface area contributed by atoms with Crippen LogP contribution in [0.5, 0.6) is 0 Å². The zero-order valence-corrected chi connectivity index (χ0v) is 9.54. The molecular formula is C11H25N3. The third-order valence-electron chi connectivity index (χ3n) is 2.92. The van der Waals surface area contributed by atoms with Crippen LogP contribution in [0.2, 0.25) is 0 Å². The van der Waals surface area contributed by atoms with Crippen molar-refractivity contribution in [3.05, 3.63) is 0 Å². The van der Waals surface area contributed by atoms with E-state index in [0.717, 1.165) is 13.1 Å². The first-order valence-corrected chi connectivity index (χ1v) is 6.01. The molecule has 1 aliphatic heterocycles. The minimum Gasteiger partial charge on any atom is -0.329 e. The molecular weight excluding hydrogens is 174 g/mol. The minimum absolute atomic E-state index is 0.792. The van der Waals surface area contributed by atoms with Crippen molar-refractivity contribution in [2.75, 3.05) is 45.8 Å². The van der Waals surface area contributed by atoms with Crippen molar-refractivity contribution in [3.63, 3.8) is 0 Å². The SMILES string of the molecule is CCCN(CCN)CCN1CCCC1. The molecule has 1 saturated heterocycles. The molecule has 0 aromatic rings. The molecule has 2 N–H and O–H groups in total. The monoisotopic (exact) mass is 199 g/mol. The van der Waals surface area contributed by atoms with E-state index in [0.29, 0.717) is 0 Å². The summed E-state index contributed by atoms with van der Waals surface area (Å²) in [5.74, 6) is 0. The van der Waals surface area contributed by atoms with E-state index < -0.39 is 0 Å². The van der Waals surface area contributed by atoms with Crippen LogP contribution >= 0.6 is 0 Å². The highest BCUT2D eigenvalue weighted by Crippen LogP contribution is 2.06. The minimum atomic E-state index is 0.792. The third-order valence-corrected chi connectivity index (χ3v) is 2.92. The van der Waals surface area contributed by atoms with Gasteiger partial charge in [0.25, 0.3) is 0 Å². The van der Waals surface area contributed by atoms with Crippen LogP contribution < -0.4 is 5.73 Å². The van der Waals surface area contributed by atoms with Gasteiger partial charge in [0.05, 0.1) is 0 Å². The lowest BCUT2D eigenvalue weighted by molar-refractivity contribution is 0.229.